The molecule has 2 N–H and O–H groups in total. The van der Waals surface area contributed by atoms with Crippen molar-refractivity contribution in [3.05, 3.63) is 36.3 Å². The van der Waals surface area contributed by atoms with Gasteiger partial charge in [-0.3, -0.25) is 4.79 Å². The predicted octanol–water partition coefficient (Wildman–Crippen LogP) is 3.81. The molecule has 9 nitrogen and oxygen atoms in total. The number of alkyl carbamates (subject to hydrolysis) is 1. The Morgan fingerprint density at radius 3 is 2.38 bits per heavy atom. The molecule has 0 saturated carbocycles. The van der Waals surface area contributed by atoms with Crippen molar-refractivity contribution in [1.29, 1.82) is 0 Å². The summed E-state index contributed by atoms with van der Waals surface area (Å²) in [5, 5.41) is 2.70. The number of imidazole rings is 1. The van der Waals surface area contributed by atoms with Gasteiger partial charge in [-0.2, -0.15) is 0 Å². The average Bonchev–Trinajstić information content (AvgIpc) is 3.44. The maximum Gasteiger partial charge on any atom is 0.494 e. The summed E-state index contributed by atoms with van der Waals surface area (Å²) in [5.74, 6) is 0.553. The number of ether oxygens (including phenoxy) is 1. The van der Waals surface area contributed by atoms with Gasteiger partial charge in [-0.25, -0.2) is 9.78 Å². The zero-order valence-corrected chi connectivity index (χ0v) is 23.0. The number of amides is 2. The minimum absolute atomic E-state index is 0.0798. The smallest absolute Gasteiger partial charge is 0.453 e. The Labute approximate surface area is 219 Å². The molecule has 4 rings (SSSR count). The van der Waals surface area contributed by atoms with Gasteiger partial charge < -0.3 is 29.2 Å². The van der Waals surface area contributed by atoms with E-state index in [4.69, 9.17) is 19.0 Å². The number of carbonyl (C=O) groups is 2. The molecule has 37 heavy (non-hydrogen) atoms. The highest BCUT2D eigenvalue weighted by Gasteiger charge is 2.51. The second-order valence-corrected chi connectivity index (χ2v) is 11.3. The molecule has 2 aliphatic heterocycles. The number of aromatic amines is 1. The summed E-state index contributed by atoms with van der Waals surface area (Å²) in [5.41, 5.74) is 1.94. The molecule has 2 aromatic rings. The van der Waals surface area contributed by atoms with Crippen LogP contribution in [-0.2, 0) is 18.8 Å². The number of carbonyl (C=O) groups excluding carboxylic acids is 2. The van der Waals surface area contributed by atoms with Gasteiger partial charge in [-0.15, -0.1) is 0 Å². The SMILES string of the molecule is COC(=O)N[C@H](C(=O)N1CCCC[C@H]1c1nc(-c2ccc(B3OC(C)(C)C(C)(C)O3)cc2)c[nH]1)C(C)C. The number of aromatic nitrogens is 2. The van der Waals surface area contributed by atoms with E-state index in [2.05, 4.69) is 10.3 Å². The lowest BCUT2D eigenvalue weighted by Crippen LogP contribution is -2.53. The number of piperidine rings is 1. The molecule has 0 bridgehead atoms. The molecule has 2 saturated heterocycles. The van der Waals surface area contributed by atoms with Crippen LogP contribution in [0.4, 0.5) is 4.79 Å². The molecule has 0 spiro atoms. The standard InChI is InChI=1S/C27H39BN4O5/c1-17(2)22(31-25(34)35-7)24(33)32-15-9-8-10-21(32)23-29-16-20(30-23)18-11-13-19(14-12-18)28-36-26(3,4)27(5,6)37-28/h11-14,16-17,21-22H,8-10,15H2,1-7H3,(H,29,30)(H,31,34)/t21-,22-/m0/s1. The Morgan fingerprint density at radius 2 is 1.78 bits per heavy atom. The monoisotopic (exact) mass is 510 g/mol. The van der Waals surface area contributed by atoms with Crippen LogP contribution in [0.2, 0.25) is 0 Å². The zero-order chi connectivity index (χ0) is 27.0. The third kappa shape index (κ3) is 5.55. The number of hydrogen-bond acceptors (Lipinski definition) is 6. The van der Waals surface area contributed by atoms with Crippen LogP contribution in [0.1, 0.15) is 72.7 Å². The molecular weight excluding hydrogens is 471 g/mol. The van der Waals surface area contributed by atoms with E-state index in [-0.39, 0.29) is 17.9 Å². The van der Waals surface area contributed by atoms with Crippen molar-refractivity contribution in [3.63, 3.8) is 0 Å². The molecule has 0 aliphatic carbocycles. The van der Waals surface area contributed by atoms with Crippen molar-refractivity contribution >= 4 is 24.6 Å². The molecule has 3 heterocycles. The molecule has 2 atom stereocenters. The summed E-state index contributed by atoms with van der Waals surface area (Å²) in [6, 6.07) is 7.20. The Balaban J connectivity index is 1.51. The lowest BCUT2D eigenvalue weighted by Gasteiger charge is -2.37. The molecule has 200 valence electrons. The van der Waals surface area contributed by atoms with Gasteiger partial charge in [0.05, 0.1) is 30.0 Å². The van der Waals surface area contributed by atoms with Gasteiger partial charge in [0.1, 0.15) is 11.9 Å². The number of methoxy groups -OCH3 is 1. The Bertz CT molecular complexity index is 1100. The summed E-state index contributed by atoms with van der Waals surface area (Å²) < 4.78 is 17.1. The fraction of sp³-hybridized carbons (Fsp3) is 0.593. The maximum atomic E-state index is 13.5. The summed E-state index contributed by atoms with van der Waals surface area (Å²) in [4.78, 5) is 35.4. The van der Waals surface area contributed by atoms with E-state index in [1.165, 1.54) is 7.11 Å². The first-order valence-electron chi connectivity index (χ1n) is 13.1. The zero-order valence-electron chi connectivity index (χ0n) is 23.0. The van der Waals surface area contributed by atoms with E-state index >= 15 is 0 Å². The maximum absolute atomic E-state index is 13.5. The van der Waals surface area contributed by atoms with E-state index in [0.717, 1.165) is 41.8 Å². The highest BCUT2D eigenvalue weighted by Crippen LogP contribution is 2.37. The summed E-state index contributed by atoms with van der Waals surface area (Å²) in [6.45, 7) is 12.6. The van der Waals surface area contributed by atoms with E-state index in [0.29, 0.717) is 6.54 Å². The lowest BCUT2D eigenvalue weighted by atomic mass is 9.79. The number of benzene rings is 1. The van der Waals surface area contributed by atoms with Crippen LogP contribution in [0.25, 0.3) is 11.3 Å². The Morgan fingerprint density at radius 1 is 1.14 bits per heavy atom. The summed E-state index contributed by atoms with van der Waals surface area (Å²) >= 11 is 0. The Kier molecular flexibility index (Phi) is 7.71. The summed E-state index contributed by atoms with van der Waals surface area (Å²) in [7, 11) is 0.885. The first-order valence-corrected chi connectivity index (χ1v) is 13.1. The minimum atomic E-state index is -0.662. The highest BCUT2D eigenvalue weighted by atomic mass is 16.7. The molecule has 2 fully saturated rings. The fourth-order valence-electron chi connectivity index (χ4n) is 4.80. The van der Waals surface area contributed by atoms with Gasteiger partial charge in [-0.05, 0) is 58.3 Å². The molecular formula is C27H39BN4O5. The first-order chi connectivity index (χ1) is 17.4. The van der Waals surface area contributed by atoms with Gasteiger partial charge in [0.25, 0.3) is 0 Å². The normalized spacial score (nSPS) is 21.7. The Hall–Kier alpha value is -2.85. The average molecular weight is 510 g/mol. The molecule has 0 unspecified atom stereocenters. The molecule has 10 heteroatoms. The quantitative estimate of drug-likeness (QED) is 0.573. The number of likely N-dealkylation sites (tertiary alicyclic amines) is 1. The third-order valence-electron chi connectivity index (χ3n) is 7.82. The molecule has 2 amide bonds. The van der Waals surface area contributed by atoms with E-state index in [9.17, 15) is 9.59 Å². The lowest BCUT2D eigenvalue weighted by molar-refractivity contribution is -0.138. The molecule has 2 aliphatic rings. The van der Waals surface area contributed by atoms with Crippen LogP contribution >= 0.6 is 0 Å². The minimum Gasteiger partial charge on any atom is -0.453 e. The number of nitrogens with zero attached hydrogens (tertiary/aromatic N) is 2. The molecule has 1 aromatic carbocycles. The van der Waals surface area contributed by atoms with Crippen LogP contribution in [0.3, 0.4) is 0 Å². The van der Waals surface area contributed by atoms with Gasteiger partial charge in [0, 0.05) is 18.3 Å². The largest absolute Gasteiger partial charge is 0.494 e. The highest BCUT2D eigenvalue weighted by molar-refractivity contribution is 6.62. The van der Waals surface area contributed by atoms with Gasteiger partial charge in [-0.1, -0.05) is 38.1 Å². The van der Waals surface area contributed by atoms with E-state index in [1.807, 2.05) is 76.9 Å². The van der Waals surface area contributed by atoms with Crippen molar-refractivity contribution in [2.24, 2.45) is 5.92 Å². The fourth-order valence-corrected chi connectivity index (χ4v) is 4.80. The first kappa shape index (κ1) is 27.2. The van der Waals surface area contributed by atoms with E-state index < -0.39 is 30.5 Å². The van der Waals surface area contributed by atoms with Crippen LogP contribution in [0.15, 0.2) is 30.5 Å². The molecule has 1 aromatic heterocycles. The third-order valence-corrected chi connectivity index (χ3v) is 7.82. The number of hydrogen-bond donors (Lipinski definition) is 2. The van der Waals surface area contributed by atoms with Gasteiger partial charge in [0.15, 0.2) is 0 Å². The second-order valence-electron chi connectivity index (χ2n) is 11.3. The van der Waals surface area contributed by atoms with Crippen LogP contribution in [0, 0.1) is 5.92 Å². The van der Waals surface area contributed by atoms with Gasteiger partial charge in [0.2, 0.25) is 5.91 Å². The number of H-pyrrole nitrogens is 1. The van der Waals surface area contributed by atoms with Crippen molar-refractivity contribution in [3.8, 4) is 11.3 Å². The van der Waals surface area contributed by atoms with Gasteiger partial charge >= 0.3 is 13.2 Å². The van der Waals surface area contributed by atoms with Crippen LogP contribution in [-0.4, -0.2) is 64.9 Å². The van der Waals surface area contributed by atoms with E-state index in [1.54, 1.807) is 0 Å². The van der Waals surface area contributed by atoms with Crippen molar-refractivity contribution < 1.29 is 23.6 Å². The topological polar surface area (TPSA) is 106 Å². The number of rotatable bonds is 6. The van der Waals surface area contributed by atoms with Crippen molar-refractivity contribution in [1.82, 2.24) is 20.2 Å². The van der Waals surface area contributed by atoms with Crippen LogP contribution < -0.4 is 10.8 Å². The number of nitrogens with one attached hydrogen (secondary N) is 2. The summed E-state index contributed by atoms with van der Waals surface area (Å²) in [6.07, 6.45) is 4.00. The van der Waals surface area contributed by atoms with Crippen molar-refractivity contribution in [2.45, 2.75) is 84.1 Å². The van der Waals surface area contributed by atoms with Crippen molar-refractivity contribution in [2.75, 3.05) is 13.7 Å². The second kappa shape index (κ2) is 10.5. The predicted molar refractivity (Wildman–Crippen MR) is 142 cm³/mol. The molecule has 0 radical (unpaired) electrons. The van der Waals surface area contributed by atoms with Crippen LogP contribution in [0.5, 0.6) is 0 Å².